The SMILES string of the molecule is CC(C)Oc1ccc(CN2CCC(N)C(C)(C)C2)cc1.Cl. The van der Waals surface area contributed by atoms with E-state index in [1.807, 2.05) is 13.8 Å². The molecular weight excluding hydrogens is 284 g/mol. The van der Waals surface area contributed by atoms with Crippen molar-refractivity contribution in [3.63, 3.8) is 0 Å². The van der Waals surface area contributed by atoms with E-state index in [0.717, 1.165) is 31.8 Å². The van der Waals surface area contributed by atoms with Crippen LogP contribution in [0.15, 0.2) is 24.3 Å². The number of benzene rings is 1. The average molecular weight is 313 g/mol. The molecule has 4 heteroatoms. The molecule has 120 valence electrons. The third-order valence-electron chi connectivity index (χ3n) is 4.09. The Balaban J connectivity index is 0.00000220. The normalized spacial score (nSPS) is 21.9. The highest BCUT2D eigenvalue weighted by atomic mass is 35.5. The van der Waals surface area contributed by atoms with Gasteiger partial charge in [0.15, 0.2) is 0 Å². The monoisotopic (exact) mass is 312 g/mol. The van der Waals surface area contributed by atoms with Gasteiger partial charge in [0.1, 0.15) is 5.75 Å². The fraction of sp³-hybridized carbons (Fsp3) is 0.647. The van der Waals surface area contributed by atoms with Gasteiger partial charge >= 0.3 is 0 Å². The predicted octanol–water partition coefficient (Wildman–Crippen LogP) is 3.45. The molecule has 2 N–H and O–H groups in total. The zero-order chi connectivity index (χ0) is 14.8. The van der Waals surface area contributed by atoms with E-state index in [-0.39, 0.29) is 23.9 Å². The van der Waals surface area contributed by atoms with Gasteiger partial charge in [0.2, 0.25) is 0 Å². The van der Waals surface area contributed by atoms with Crippen molar-refractivity contribution < 1.29 is 4.74 Å². The maximum Gasteiger partial charge on any atom is 0.119 e. The molecule has 1 aliphatic rings. The van der Waals surface area contributed by atoms with Crippen LogP contribution in [-0.4, -0.2) is 30.1 Å². The van der Waals surface area contributed by atoms with Crippen LogP contribution >= 0.6 is 12.4 Å². The van der Waals surface area contributed by atoms with Crippen molar-refractivity contribution in [2.45, 2.75) is 52.8 Å². The number of rotatable bonds is 4. The van der Waals surface area contributed by atoms with Gasteiger partial charge in [-0.25, -0.2) is 0 Å². The summed E-state index contributed by atoms with van der Waals surface area (Å²) in [4.78, 5) is 2.50. The van der Waals surface area contributed by atoms with Gasteiger partial charge in [-0.1, -0.05) is 26.0 Å². The minimum Gasteiger partial charge on any atom is -0.491 e. The lowest BCUT2D eigenvalue weighted by molar-refractivity contribution is 0.0898. The molecule has 1 aliphatic heterocycles. The quantitative estimate of drug-likeness (QED) is 0.925. The van der Waals surface area contributed by atoms with E-state index in [2.05, 4.69) is 43.0 Å². The highest BCUT2D eigenvalue weighted by Crippen LogP contribution is 2.28. The van der Waals surface area contributed by atoms with Gasteiger partial charge in [-0.15, -0.1) is 12.4 Å². The summed E-state index contributed by atoms with van der Waals surface area (Å²) in [6.07, 6.45) is 1.31. The number of piperidine rings is 1. The molecule has 0 aliphatic carbocycles. The van der Waals surface area contributed by atoms with Crippen LogP contribution in [0.5, 0.6) is 5.75 Å². The molecule has 21 heavy (non-hydrogen) atoms. The van der Waals surface area contributed by atoms with Gasteiger partial charge in [0.05, 0.1) is 6.10 Å². The fourth-order valence-corrected chi connectivity index (χ4v) is 2.82. The van der Waals surface area contributed by atoms with Crippen LogP contribution in [0.4, 0.5) is 0 Å². The van der Waals surface area contributed by atoms with Gasteiger partial charge in [-0.3, -0.25) is 4.90 Å². The molecule has 3 nitrogen and oxygen atoms in total. The molecule has 1 saturated heterocycles. The summed E-state index contributed by atoms with van der Waals surface area (Å²) in [5.41, 5.74) is 7.74. The van der Waals surface area contributed by atoms with E-state index in [0.29, 0.717) is 6.04 Å². The van der Waals surface area contributed by atoms with E-state index >= 15 is 0 Å². The van der Waals surface area contributed by atoms with Crippen LogP contribution in [0.25, 0.3) is 0 Å². The molecule has 1 aromatic carbocycles. The summed E-state index contributed by atoms with van der Waals surface area (Å²) >= 11 is 0. The molecule has 0 aromatic heterocycles. The van der Waals surface area contributed by atoms with Crippen LogP contribution < -0.4 is 10.5 Å². The van der Waals surface area contributed by atoms with E-state index in [9.17, 15) is 0 Å². The number of ether oxygens (including phenoxy) is 1. The summed E-state index contributed by atoms with van der Waals surface area (Å²) < 4.78 is 5.68. The van der Waals surface area contributed by atoms with Crippen molar-refractivity contribution >= 4 is 12.4 Å². The summed E-state index contributed by atoms with van der Waals surface area (Å²) in [7, 11) is 0. The van der Waals surface area contributed by atoms with E-state index in [1.165, 1.54) is 5.56 Å². The number of nitrogens with two attached hydrogens (primary N) is 1. The Bertz CT molecular complexity index is 431. The first-order valence-corrected chi connectivity index (χ1v) is 7.60. The zero-order valence-electron chi connectivity index (χ0n) is 13.6. The second-order valence-corrected chi connectivity index (χ2v) is 6.90. The van der Waals surface area contributed by atoms with Crippen LogP contribution in [0.3, 0.4) is 0 Å². The van der Waals surface area contributed by atoms with Crippen molar-refractivity contribution in [2.75, 3.05) is 13.1 Å². The van der Waals surface area contributed by atoms with Crippen molar-refractivity contribution in [3.8, 4) is 5.75 Å². The van der Waals surface area contributed by atoms with Crippen LogP contribution in [0.1, 0.15) is 39.7 Å². The maximum absolute atomic E-state index is 6.19. The lowest BCUT2D eigenvalue weighted by atomic mass is 9.79. The third kappa shape index (κ3) is 5.17. The molecular formula is C17H29ClN2O. The lowest BCUT2D eigenvalue weighted by Crippen LogP contribution is -2.52. The molecule has 0 amide bonds. The first kappa shape index (κ1) is 18.3. The Morgan fingerprint density at radius 3 is 2.43 bits per heavy atom. The van der Waals surface area contributed by atoms with Crippen molar-refractivity contribution in [1.82, 2.24) is 4.90 Å². The Hall–Kier alpha value is -0.770. The zero-order valence-corrected chi connectivity index (χ0v) is 14.5. The highest BCUT2D eigenvalue weighted by molar-refractivity contribution is 5.85. The van der Waals surface area contributed by atoms with Gasteiger partial charge in [0, 0.05) is 25.7 Å². The molecule has 1 atom stereocenters. The van der Waals surface area contributed by atoms with E-state index < -0.39 is 0 Å². The number of hydrogen-bond acceptors (Lipinski definition) is 3. The molecule has 1 fully saturated rings. The summed E-state index contributed by atoms with van der Waals surface area (Å²) in [6, 6.07) is 8.78. The van der Waals surface area contributed by atoms with Crippen molar-refractivity contribution in [3.05, 3.63) is 29.8 Å². The molecule has 2 rings (SSSR count). The molecule has 1 aromatic rings. The van der Waals surface area contributed by atoms with Crippen LogP contribution in [0.2, 0.25) is 0 Å². The Labute approximate surface area is 135 Å². The molecule has 0 bridgehead atoms. The van der Waals surface area contributed by atoms with E-state index in [1.54, 1.807) is 0 Å². The fourth-order valence-electron chi connectivity index (χ4n) is 2.82. The third-order valence-corrected chi connectivity index (χ3v) is 4.09. The first-order valence-electron chi connectivity index (χ1n) is 7.60. The Morgan fingerprint density at radius 1 is 1.29 bits per heavy atom. The minimum absolute atomic E-state index is 0. The maximum atomic E-state index is 6.19. The Kier molecular flexibility index (Phi) is 6.51. The number of halogens is 1. The number of hydrogen-bond donors (Lipinski definition) is 1. The van der Waals surface area contributed by atoms with Crippen molar-refractivity contribution in [1.29, 1.82) is 0 Å². The van der Waals surface area contributed by atoms with Gasteiger partial charge in [0.25, 0.3) is 0 Å². The lowest BCUT2D eigenvalue weighted by Gasteiger charge is -2.42. The minimum atomic E-state index is 0. The smallest absolute Gasteiger partial charge is 0.119 e. The van der Waals surface area contributed by atoms with Crippen molar-refractivity contribution in [2.24, 2.45) is 11.1 Å². The molecule has 0 spiro atoms. The first-order chi connectivity index (χ1) is 9.37. The van der Waals surface area contributed by atoms with Crippen LogP contribution in [0, 0.1) is 5.41 Å². The molecule has 0 radical (unpaired) electrons. The average Bonchev–Trinajstić information content (AvgIpc) is 2.35. The molecule has 1 unspecified atom stereocenters. The topological polar surface area (TPSA) is 38.5 Å². The van der Waals surface area contributed by atoms with Gasteiger partial charge in [-0.2, -0.15) is 0 Å². The van der Waals surface area contributed by atoms with E-state index in [4.69, 9.17) is 10.5 Å². The number of likely N-dealkylation sites (tertiary alicyclic amines) is 1. The predicted molar refractivity (Wildman–Crippen MR) is 91.1 cm³/mol. The number of nitrogens with zero attached hydrogens (tertiary/aromatic N) is 1. The van der Waals surface area contributed by atoms with Gasteiger partial charge < -0.3 is 10.5 Å². The summed E-state index contributed by atoms with van der Waals surface area (Å²) in [5.74, 6) is 0.949. The Morgan fingerprint density at radius 2 is 1.90 bits per heavy atom. The summed E-state index contributed by atoms with van der Waals surface area (Å²) in [6.45, 7) is 11.8. The largest absolute Gasteiger partial charge is 0.491 e. The molecule has 0 saturated carbocycles. The molecule has 1 heterocycles. The van der Waals surface area contributed by atoms with Crippen LogP contribution in [-0.2, 0) is 6.54 Å². The summed E-state index contributed by atoms with van der Waals surface area (Å²) in [5, 5.41) is 0. The highest BCUT2D eigenvalue weighted by Gasteiger charge is 2.33. The van der Waals surface area contributed by atoms with Gasteiger partial charge in [-0.05, 0) is 43.4 Å². The second-order valence-electron chi connectivity index (χ2n) is 6.90. The standard InChI is InChI=1S/C17H28N2O.ClH/c1-13(2)20-15-7-5-14(6-8-15)11-19-10-9-16(18)17(3,4)12-19;/h5-8,13,16H,9-12,18H2,1-4H3;1H. The second kappa shape index (κ2) is 7.48.